The molecule has 90 valence electrons. The molecule has 0 saturated carbocycles. The molecule has 0 amide bonds. The van der Waals surface area contributed by atoms with Crippen LogP contribution in [0, 0.1) is 5.82 Å². The lowest BCUT2D eigenvalue weighted by Gasteiger charge is -2.22. The molecule has 0 saturated heterocycles. The summed E-state index contributed by atoms with van der Waals surface area (Å²) >= 11 is 0. The van der Waals surface area contributed by atoms with Gasteiger partial charge in [-0.1, -0.05) is 6.92 Å². The minimum Gasteiger partial charge on any atom is -0.390 e. The summed E-state index contributed by atoms with van der Waals surface area (Å²) < 4.78 is 12.7. The van der Waals surface area contributed by atoms with E-state index in [0.29, 0.717) is 13.1 Å². The summed E-state index contributed by atoms with van der Waals surface area (Å²) in [7, 11) is 1.88. The number of hydrogen-bond acceptors (Lipinski definition) is 3. The molecule has 1 aromatic rings. The molecule has 0 aliphatic heterocycles. The Kier molecular flexibility index (Phi) is 5.22. The van der Waals surface area contributed by atoms with Crippen LogP contribution in [0.2, 0.25) is 0 Å². The average molecular weight is 226 g/mol. The highest BCUT2D eigenvalue weighted by Gasteiger charge is 2.08. The summed E-state index contributed by atoms with van der Waals surface area (Å²) in [5.74, 6) is -0.245. The summed E-state index contributed by atoms with van der Waals surface area (Å²) in [5.41, 5.74) is 0.900. The number of likely N-dealkylation sites (N-methyl/N-ethyl adjacent to an activating group) is 2. The Bertz CT molecular complexity index is 302. The molecule has 1 unspecified atom stereocenters. The normalized spacial score (nSPS) is 12.5. The van der Waals surface area contributed by atoms with Crippen LogP contribution in [-0.2, 0) is 0 Å². The van der Waals surface area contributed by atoms with Gasteiger partial charge in [-0.15, -0.1) is 0 Å². The molecule has 0 aliphatic rings. The molecule has 1 atom stereocenters. The van der Waals surface area contributed by atoms with Gasteiger partial charge in [-0.3, -0.25) is 0 Å². The van der Waals surface area contributed by atoms with Crippen molar-refractivity contribution in [1.29, 1.82) is 0 Å². The Morgan fingerprint density at radius 3 is 2.56 bits per heavy atom. The van der Waals surface area contributed by atoms with Crippen LogP contribution in [0.3, 0.4) is 0 Å². The van der Waals surface area contributed by atoms with Crippen molar-refractivity contribution in [3.05, 3.63) is 30.1 Å². The second kappa shape index (κ2) is 6.45. The maximum atomic E-state index is 12.7. The molecule has 0 radical (unpaired) electrons. The molecular weight excluding hydrogens is 207 g/mol. The molecule has 0 bridgehead atoms. The zero-order valence-electron chi connectivity index (χ0n) is 9.78. The lowest BCUT2D eigenvalue weighted by Crippen LogP contribution is -2.36. The summed E-state index contributed by atoms with van der Waals surface area (Å²) in [6.07, 6.45) is -0.421. The quantitative estimate of drug-likeness (QED) is 0.766. The number of hydrogen-bond donors (Lipinski definition) is 2. The van der Waals surface area contributed by atoms with Gasteiger partial charge in [-0.25, -0.2) is 4.39 Å². The predicted molar refractivity (Wildman–Crippen MR) is 64.2 cm³/mol. The van der Waals surface area contributed by atoms with Crippen molar-refractivity contribution in [2.75, 3.05) is 31.6 Å². The Morgan fingerprint density at radius 2 is 2.00 bits per heavy atom. The molecule has 16 heavy (non-hydrogen) atoms. The molecule has 1 rings (SSSR count). The number of rotatable bonds is 6. The van der Waals surface area contributed by atoms with E-state index in [1.165, 1.54) is 12.1 Å². The van der Waals surface area contributed by atoms with Gasteiger partial charge >= 0.3 is 0 Å². The van der Waals surface area contributed by atoms with Crippen molar-refractivity contribution in [2.45, 2.75) is 13.0 Å². The predicted octanol–water partition coefficient (Wildman–Crippen LogP) is 1.23. The van der Waals surface area contributed by atoms with E-state index in [2.05, 4.69) is 5.32 Å². The van der Waals surface area contributed by atoms with Crippen molar-refractivity contribution in [3.63, 3.8) is 0 Å². The largest absolute Gasteiger partial charge is 0.390 e. The third-order valence-electron chi connectivity index (χ3n) is 2.38. The molecule has 4 heteroatoms. The van der Waals surface area contributed by atoms with E-state index in [-0.39, 0.29) is 5.82 Å². The first-order valence-corrected chi connectivity index (χ1v) is 5.49. The summed E-state index contributed by atoms with van der Waals surface area (Å²) in [4.78, 5) is 1.90. The first-order valence-electron chi connectivity index (χ1n) is 5.49. The lowest BCUT2D eigenvalue weighted by molar-refractivity contribution is 0.179. The van der Waals surface area contributed by atoms with Crippen molar-refractivity contribution in [2.24, 2.45) is 0 Å². The number of aliphatic hydroxyl groups excluding tert-OH is 1. The first kappa shape index (κ1) is 12.9. The fourth-order valence-corrected chi connectivity index (χ4v) is 1.49. The molecule has 0 heterocycles. The molecular formula is C12H19FN2O. The highest BCUT2D eigenvalue weighted by Crippen LogP contribution is 2.12. The number of nitrogens with one attached hydrogen (secondary N) is 1. The summed E-state index contributed by atoms with van der Waals surface area (Å²) in [5, 5.41) is 12.8. The topological polar surface area (TPSA) is 35.5 Å². The number of aliphatic hydroxyl groups is 1. The van der Waals surface area contributed by atoms with E-state index in [1.807, 2.05) is 18.9 Å². The monoisotopic (exact) mass is 226 g/mol. The SMILES string of the molecule is CCNCC(O)CN(C)c1ccc(F)cc1. The number of halogens is 1. The fourth-order valence-electron chi connectivity index (χ4n) is 1.49. The first-order chi connectivity index (χ1) is 7.63. The van der Waals surface area contributed by atoms with E-state index in [9.17, 15) is 9.50 Å². The summed E-state index contributed by atoms with van der Waals surface area (Å²) in [6.45, 7) is 3.94. The van der Waals surface area contributed by atoms with Gasteiger partial charge in [-0.05, 0) is 30.8 Å². The number of benzene rings is 1. The van der Waals surface area contributed by atoms with Crippen LogP contribution in [0.1, 0.15) is 6.92 Å². The Morgan fingerprint density at radius 1 is 1.38 bits per heavy atom. The molecule has 0 spiro atoms. The zero-order chi connectivity index (χ0) is 12.0. The third-order valence-corrected chi connectivity index (χ3v) is 2.38. The second-order valence-electron chi connectivity index (χ2n) is 3.82. The van der Waals surface area contributed by atoms with Gasteiger partial charge in [0, 0.05) is 25.8 Å². The Labute approximate surface area is 95.9 Å². The second-order valence-corrected chi connectivity index (χ2v) is 3.82. The Hall–Kier alpha value is -1.13. The van der Waals surface area contributed by atoms with Crippen LogP contribution < -0.4 is 10.2 Å². The van der Waals surface area contributed by atoms with Crippen LogP contribution in [0.25, 0.3) is 0 Å². The van der Waals surface area contributed by atoms with Crippen molar-refractivity contribution >= 4 is 5.69 Å². The van der Waals surface area contributed by atoms with Crippen LogP contribution in [0.15, 0.2) is 24.3 Å². The molecule has 0 aromatic heterocycles. The van der Waals surface area contributed by atoms with E-state index < -0.39 is 6.10 Å². The third kappa shape index (κ3) is 4.16. The number of nitrogens with zero attached hydrogens (tertiary/aromatic N) is 1. The van der Waals surface area contributed by atoms with E-state index in [1.54, 1.807) is 12.1 Å². The molecule has 3 nitrogen and oxygen atoms in total. The van der Waals surface area contributed by atoms with Gasteiger partial charge in [0.25, 0.3) is 0 Å². The van der Waals surface area contributed by atoms with Gasteiger partial charge in [0.15, 0.2) is 0 Å². The van der Waals surface area contributed by atoms with Crippen molar-refractivity contribution in [3.8, 4) is 0 Å². The maximum Gasteiger partial charge on any atom is 0.123 e. The standard InChI is InChI=1S/C12H19FN2O/c1-3-14-8-12(16)9-15(2)11-6-4-10(13)5-7-11/h4-7,12,14,16H,3,8-9H2,1-2H3. The molecule has 0 aliphatic carbocycles. The van der Waals surface area contributed by atoms with Crippen LogP contribution >= 0.6 is 0 Å². The van der Waals surface area contributed by atoms with Gasteiger partial charge in [-0.2, -0.15) is 0 Å². The fraction of sp³-hybridized carbons (Fsp3) is 0.500. The molecule has 1 aromatic carbocycles. The van der Waals surface area contributed by atoms with Gasteiger partial charge < -0.3 is 15.3 Å². The van der Waals surface area contributed by atoms with Crippen molar-refractivity contribution < 1.29 is 9.50 Å². The van der Waals surface area contributed by atoms with E-state index >= 15 is 0 Å². The van der Waals surface area contributed by atoms with E-state index in [0.717, 1.165) is 12.2 Å². The smallest absolute Gasteiger partial charge is 0.123 e. The van der Waals surface area contributed by atoms with E-state index in [4.69, 9.17) is 0 Å². The highest BCUT2D eigenvalue weighted by atomic mass is 19.1. The minimum atomic E-state index is -0.421. The van der Waals surface area contributed by atoms with Crippen LogP contribution in [-0.4, -0.2) is 37.9 Å². The number of anilines is 1. The van der Waals surface area contributed by atoms with Gasteiger partial charge in [0.2, 0.25) is 0 Å². The van der Waals surface area contributed by atoms with Crippen molar-refractivity contribution in [1.82, 2.24) is 5.32 Å². The zero-order valence-corrected chi connectivity index (χ0v) is 9.78. The van der Waals surface area contributed by atoms with Gasteiger partial charge in [0.1, 0.15) is 5.82 Å². The average Bonchev–Trinajstić information content (AvgIpc) is 2.27. The van der Waals surface area contributed by atoms with Crippen LogP contribution in [0.4, 0.5) is 10.1 Å². The van der Waals surface area contributed by atoms with Gasteiger partial charge in [0.05, 0.1) is 6.10 Å². The minimum absolute atomic E-state index is 0.245. The Balaban J connectivity index is 2.45. The van der Waals surface area contributed by atoms with Crippen LogP contribution in [0.5, 0.6) is 0 Å². The highest BCUT2D eigenvalue weighted by molar-refractivity contribution is 5.45. The maximum absolute atomic E-state index is 12.7. The lowest BCUT2D eigenvalue weighted by atomic mass is 10.2. The molecule has 2 N–H and O–H groups in total. The molecule has 0 fully saturated rings. The summed E-state index contributed by atoms with van der Waals surface area (Å²) in [6, 6.07) is 6.25.